The Morgan fingerprint density at radius 2 is 2.40 bits per heavy atom. The number of carbonyl (C=O) groups excluding carboxylic acids is 1. The molecule has 0 bridgehead atoms. The molecule has 0 unspecified atom stereocenters. The van der Waals surface area contributed by atoms with Crippen molar-refractivity contribution in [2.75, 3.05) is 17.7 Å². The molecule has 0 aliphatic heterocycles. The van der Waals surface area contributed by atoms with Crippen LogP contribution in [0.4, 0.5) is 11.5 Å². The van der Waals surface area contributed by atoms with Crippen molar-refractivity contribution >= 4 is 44.7 Å². The maximum Gasteiger partial charge on any atom is 0.340 e. The summed E-state index contributed by atoms with van der Waals surface area (Å²) in [4.78, 5) is 17.1. The standard InChI is InChI=1S/C13H14BrN3O2S/c1-2-19-13(18)8-5-12(16-6-10(8)15)17-7-11-9(14)3-4-20-11/h3-6H,2,7,15H2,1H3,(H,16,17). The second-order valence-electron chi connectivity index (χ2n) is 3.92. The summed E-state index contributed by atoms with van der Waals surface area (Å²) in [6.45, 7) is 2.69. The van der Waals surface area contributed by atoms with Crippen LogP contribution in [0.1, 0.15) is 22.2 Å². The summed E-state index contributed by atoms with van der Waals surface area (Å²) >= 11 is 5.10. The Hall–Kier alpha value is -1.60. The van der Waals surface area contributed by atoms with Crippen LogP contribution >= 0.6 is 27.3 Å². The molecule has 0 atom stereocenters. The zero-order valence-corrected chi connectivity index (χ0v) is 13.3. The minimum absolute atomic E-state index is 0.311. The highest BCUT2D eigenvalue weighted by molar-refractivity contribution is 9.10. The maximum atomic E-state index is 11.7. The van der Waals surface area contributed by atoms with Crippen LogP contribution in [-0.4, -0.2) is 17.6 Å². The number of carbonyl (C=O) groups is 1. The van der Waals surface area contributed by atoms with Gasteiger partial charge in [-0.25, -0.2) is 9.78 Å². The predicted octanol–water partition coefficient (Wildman–Crippen LogP) is 3.28. The zero-order valence-electron chi connectivity index (χ0n) is 10.9. The van der Waals surface area contributed by atoms with Crippen LogP contribution in [0.3, 0.4) is 0 Å². The van der Waals surface area contributed by atoms with Gasteiger partial charge in [0.05, 0.1) is 30.6 Å². The molecule has 7 heteroatoms. The van der Waals surface area contributed by atoms with Gasteiger partial charge in [-0.15, -0.1) is 11.3 Å². The van der Waals surface area contributed by atoms with Crippen LogP contribution in [0.2, 0.25) is 0 Å². The van der Waals surface area contributed by atoms with Crippen molar-refractivity contribution in [1.29, 1.82) is 0 Å². The minimum atomic E-state index is -0.437. The first kappa shape index (κ1) is 14.8. The van der Waals surface area contributed by atoms with Gasteiger partial charge >= 0.3 is 5.97 Å². The molecular weight excluding hydrogens is 342 g/mol. The summed E-state index contributed by atoms with van der Waals surface area (Å²) in [5.41, 5.74) is 6.38. The van der Waals surface area contributed by atoms with Gasteiger partial charge in [-0.1, -0.05) is 0 Å². The van der Waals surface area contributed by atoms with Crippen molar-refractivity contribution in [2.24, 2.45) is 0 Å². The summed E-state index contributed by atoms with van der Waals surface area (Å²) in [7, 11) is 0. The average Bonchev–Trinajstić information content (AvgIpc) is 2.83. The van der Waals surface area contributed by atoms with Gasteiger partial charge in [0.2, 0.25) is 0 Å². The number of halogens is 1. The molecule has 0 saturated heterocycles. The Morgan fingerprint density at radius 3 is 3.05 bits per heavy atom. The smallest absolute Gasteiger partial charge is 0.340 e. The van der Waals surface area contributed by atoms with Gasteiger partial charge in [-0.3, -0.25) is 0 Å². The fourth-order valence-electron chi connectivity index (χ4n) is 1.57. The summed E-state index contributed by atoms with van der Waals surface area (Å²) in [6.07, 6.45) is 1.46. The van der Waals surface area contributed by atoms with Crippen molar-refractivity contribution in [3.05, 3.63) is 38.6 Å². The molecule has 0 saturated carbocycles. The van der Waals surface area contributed by atoms with E-state index in [2.05, 4.69) is 26.2 Å². The summed E-state index contributed by atoms with van der Waals surface area (Å²) in [6, 6.07) is 3.59. The number of pyridine rings is 1. The topological polar surface area (TPSA) is 77.2 Å². The van der Waals surface area contributed by atoms with Gasteiger partial charge in [-0.2, -0.15) is 0 Å². The van der Waals surface area contributed by atoms with Gasteiger partial charge in [0.15, 0.2) is 0 Å². The van der Waals surface area contributed by atoms with Crippen molar-refractivity contribution in [3.8, 4) is 0 Å². The fraction of sp³-hybridized carbons (Fsp3) is 0.231. The van der Waals surface area contributed by atoms with Crippen LogP contribution in [-0.2, 0) is 11.3 Å². The number of anilines is 2. The Balaban J connectivity index is 2.11. The Labute approximate surface area is 129 Å². The minimum Gasteiger partial charge on any atom is -0.462 e. The number of thiophene rings is 1. The first-order valence-corrected chi connectivity index (χ1v) is 7.67. The second-order valence-corrected chi connectivity index (χ2v) is 5.78. The van der Waals surface area contributed by atoms with Gasteiger partial charge in [0.1, 0.15) is 5.82 Å². The molecule has 0 aromatic carbocycles. The van der Waals surface area contributed by atoms with E-state index in [1.54, 1.807) is 24.3 Å². The molecule has 0 aliphatic rings. The van der Waals surface area contributed by atoms with Crippen LogP contribution in [0, 0.1) is 0 Å². The van der Waals surface area contributed by atoms with Gasteiger partial charge in [-0.05, 0) is 40.4 Å². The first-order valence-electron chi connectivity index (χ1n) is 6.00. The van der Waals surface area contributed by atoms with Crippen molar-refractivity contribution < 1.29 is 9.53 Å². The van der Waals surface area contributed by atoms with E-state index in [4.69, 9.17) is 10.5 Å². The van der Waals surface area contributed by atoms with E-state index in [0.717, 1.165) is 9.35 Å². The van der Waals surface area contributed by atoms with E-state index in [-0.39, 0.29) is 0 Å². The number of rotatable bonds is 5. The second kappa shape index (κ2) is 6.71. The molecule has 0 fully saturated rings. The average molecular weight is 356 g/mol. The lowest BCUT2D eigenvalue weighted by Gasteiger charge is -2.09. The molecule has 2 rings (SSSR count). The van der Waals surface area contributed by atoms with E-state index in [1.165, 1.54) is 6.20 Å². The summed E-state index contributed by atoms with van der Waals surface area (Å²) in [5, 5.41) is 5.16. The lowest BCUT2D eigenvalue weighted by molar-refractivity contribution is 0.0527. The van der Waals surface area contributed by atoms with Gasteiger partial charge in [0.25, 0.3) is 0 Å². The molecular formula is C13H14BrN3O2S. The molecule has 0 spiro atoms. The Kier molecular flexibility index (Phi) is 4.97. The highest BCUT2D eigenvalue weighted by Gasteiger charge is 2.12. The molecule has 5 nitrogen and oxygen atoms in total. The number of aromatic nitrogens is 1. The number of nitrogens with two attached hydrogens (primary N) is 1. The Bertz CT molecular complexity index is 615. The fourth-order valence-corrected chi connectivity index (χ4v) is 3.00. The first-order chi connectivity index (χ1) is 9.61. The Morgan fingerprint density at radius 1 is 1.60 bits per heavy atom. The lowest BCUT2D eigenvalue weighted by Crippen LogP contribution is -2.10. The van der Waals surface area contributed by atoms with Gasteiger partial charge in [0, 0.05) is 9.35 Å². The van der Waals surface area contributed by atoms with Crippen LogP contribution in [0.15, 0.2) is 28.2 Å². The van der Waals surface area contributed by atoms with E-state index >= 15 is 0 Å². The molecule has 2 aromatic heterocycles. The van der Waals surface area contributed by atoms with Crippen molar-refractivity contribution in [1.82, 2.24) is 4.98 Å². The third-order valence-corrected chi connectivity index (χ3v) is 4.48. The van der Waals surface area contributed by atoms with Crippen LogP contribution in [0.5, 0.6) is 0 Å². The maximum absolute atomic E-state index is 11.7. The number of nitrogens with zero attached hydrogens (tertiary/aromatic N) is 1. The molecule has 3 N–H and O–H groups in total. The largest absolute Gasteiger partial charge is 0.462 e. The summed E-state index contributed by atoms with van der Waals surface area (Å²) < 4.78 is 6.01. The lowest BCUT2D eigenvalue weighted by atomic mass is 10.2. The monoisotopic (exact) mass is 355 g/mol. The number of nitrogens with one attached hydrogen (secondary N) is 1. The van der Waals surface area contributed by atoms with Gasteiger partial charge < -0.3 is 15.8 Å². The van der Waals surface area contributed by atoms with Crippen LogP contribution in [0.25, 0.3) is 0 Å². The quantitative estimate of drug-likeness (QED) is 0.804. The highest BCUT2D eigenvalue weighted by atomic mass is 79.9. The number of ether oxygens (including phenoxy) is 1. The molecule has 2 heterocycles. The number of esters is 1. The van der Waals surface area contributed by atoms with Crippen molar-refractivity contribution in [2.45, 2.75) is 13.5 Å². The molecule has 0 amide bonds. The molecule has 0 aliphatic carbocycles. The van der Waals surface area contributed by atoms with Crippen LogP contribution < -0.4 is 11.1 Å². The third-order valence-electron chi connectivity index (χ3n) is 2.55. The molecule has 20 heavy (non-hydrogen) atoms. The number of hydrogen-bond acceptors (Lipinski definition) is 6. The van der Waals surface area contributed by atoms with E-state index in [9.17, 15) is 4.79 Å². The van der Waals surface area contributed by atoms with E-state index < -0.39 is 5.97 Å². The SMILES string of the molecule is CCOC(=O)c1cc(NCc2sccc2Br)ncc1N. The zero-order chi connectivity index (χ0) is 14.5. The third kappa shape index (κ3) is 3.49. The number of hydrogen-bond donors (Lipinski definition) is 2. The van der Waals surface area contributed by atoms with Crippen molar-refractivity contribution in [3.63, 3.8) is 0 Å². The summed E-state index contributed by atoms with van der Waals surface area (Å²) in [5.74, 6) is 0.148. The molecule has 106 valence electrons. The normalized spacial score (nSPS) is 10.3. The molecule has 0 radical (unpaired) electrons. The predicted molar refractivity (Wildman–Crippen MR) is 84.0 cm³/mol. The highest BCUT2D eigenvalue weighted by Crippen LogP contribution is 2.24. The van der Waals surface area contributed by atoms with E-state index in [1.807, 2.05) is 11.4 Å². The number of nitrogen functional groups attached to an aromatic ring is 1. The van der Waals surface area contributed by atoms with E-state index in [0.29, 0.717) is 30.2 Å². The molecule has 2 aromatic rings.